The summed E-state index contributed by atoms with van der Waals surface area (Å²) >= 11 is 6.26. The number of aromatic nitrogens is 3. The zero-order valence-corrected chi connectivity index (χ0v) is 21.3. The molecule has 2 bridgehead atoms. The lowest BCUT2D eigenvalue weighted by atomic mass is 9.69. The van der Waals surface area contributed by atoms with E-state index in [4.69, 9.17) is 11.6 Å². The molecule has 2 N–H and O–H groups in total. The summed E-state index contributed by atoms with van der Waals surface area (Å²) in [4.78, 5) is 38.3. The number of nitrogens with one attached hydrogen (secondary N) is 2. The number of para-hydroxylation sites is 1. The van der Waals surface area contributed by atoms with Crippen LogP contribution in [0.15, 0.2) is 47.5 Å². The molecule has 4 heterocycles. The molecule has 0 radical (unpaired) electrons. The van der Waals surface area contributed by atoms with Gasteiger partial charge in [-0.2, -0.15) is 4.98 Å². The van der Waals surface area contributed by atoms with E-state index in [1.807, 2.05) is 0 Å². The third-order valence-electron chi connectivity index (χ3n) is 6.46. The molecule has 1 fully saturated rings. The minimum atomic E-state index is -3.61. The number of urea groups is 1. The third kappa shape index (κ3) is 4.29. The Kier molecular flexibility index (Phi) is 6.11. The average Bonchev–Trinajstić information content (AvgIpc) is 2.85. The molecule has 3 aromatic rings. The molecule has 2 aromatic heterocycles. The maximum absolute atomic E-state index is 15.1. The molecule has 13 heteroatoms. The molecule has 0 saturated heterocycles. The topological polar surface area (TPSA) is 134 Å². The maximum Gasteiger partial charge on any atom is 0.330 e. The van der Waals surface area contributed by atoms with Crippen LogP contribution in [0, 0.1) is 0 Å². The number of pyridine rings is 1. The van der Waals surface area contributed by atoms with Gasteiger partial charge in [-0.3, -0.25) is 15.0 Å². The Morgan fingerprint density at radius 1 is 1.22 bits per heavy atom. The van der Waals surface area contributed by atoms with E-state index in [-0.39, 0.29) is 57.3 Å². The van der Waals surface area contributed by atoms with Crippen LogP contribution in [-0.2, 0) is 15.5 Å². The van der Waals surface area contributed by atoms with Crippen molar-refractivity contribution >= 4 is 57.0 Å². The zero-order chi connectivity index (χ0) is 26.5. The van der Waals surface area contributed by atoms with Crippen molar-refractivity contribution in [1.29, 1.82) is 0 Å². The molecule has 1 aliphatic carbocycles. The second-order valence-corrected chi connectivity index (χ2v) is 12.0. The first kappa shape index (κ1) is 25.0. The van der Waals surface area contributed by atoms with Gasteiger partial charge in [0, 0.05) is 24.4 Å². The second-order valence-electron chi connectivity index (χ2n) is 9.16. The molecular formula is C24H22ClFN6O4S. The van der Waals surface area contributed by atoms with Crippen molar-refractivity contribution in [2.45, 2.75) is 48.5 Å². The van der Waals surface area contributed by atoms with E-state index < -0.39 is 32.8 Å². The van der Waals surface area contributed by atoms with Crippen LogP contribution in [0.3, 0.4) is 0 Å². The minimum Gasteiger partial charge on any atom is -0.338 e. The maximum atomic E-state index is 15.1. The van der Waals surface area contributed by atoms with Gasteiger partial charge in [0.1, 0.15) is 22.2 Å². The number of alkyl halides is 1. The van der Waals surface area contributed by atoms with Gasteiger partial charge in [0.05, 0.1) is 22.0 Å². The van der Waals surface area contributed by atoms with E-state index in [1.165, 1.54) is 29.3 Å². The molecule has 0 atom stereocenters. The minimum absolute atomic E-state index is 0.0743. The van der Waals surface area contributed by atoms with Crippen molar-refractivity contribution in [3.8, 4) is 0 Å². The predicted octanol–water partition coefficient (Wildman–Crippen LogP) is 4.64. The van der Waals surface area contributed by atoms with E-state index in [0.717, 1.165) is 0 Å². The first-order valence-electron chi connectivity index (χ1n) is 11.4. The van der Waals surface area contributed by atoms with E-state index in [9.17, 15) is 18.0 Å². The molecule has 6 rings (SSSR count). The summed E-state index contributed by atoms with van der Waals surface area (Å²) in [6, 6.07) is 8.13. The van der Waals surface area contributed by atoms with Crippen LogP contribution in [0.2, 0.25) is 5.02 Å². The van der Waals surface area contributed by atoms with Crippen LogP contribution < -0.4 is 15.5 Å². The van der Waals surface area contributed by atoms with E-state index in [1.54, 1.807) is 32.0 Å². The highest BCUT2D eigenvalue weighted by atomic mass is 35.5. The summed E-state index contributed by atoms with van der Waals surface area (Å²) in [5.41, 5.74) is -0.995. The Morgan fingerprint density at radius 2 is 1.95 bits per heavy atom. The van der Waals surface area contributed by atoms with Gasteiger partial charge in [-0.05, 0) is 38.1 Å². The number of anilines is 4. The molecule has 37 heavy (non-hydrogen) atoms. The normalized spacial score (nSPS) is 20.1. The number of carbonyl (C=O) groups is 2. The highest BCUT2D eigenvalue weighted by Gasteiger charge is 2.57. The summed E-state index contributed by atoms with van der Waals surface area (Å²) in [5.74, 6) is 0.0306. The van der Waals surface area contributed by atoms with E-state index in [0.29, 0.717) is 6.29 Å². The monoisotopic (exact) mass is 544 g/mol. The van der Waals surface area contributed by atoms with Crippen LogP contribution in [0.5, 0.6) is 0 Å². The van der Waals surface area contributed by atoms with Crippen molar-refractivity contribution < 1.29 is 22.4 Å². The fourth-order valence-electron chi connectivity index (χ4n) is 4.46. The number of hydrogen-bond donors (Lipinski definition) is 2. The van der Waals surface area contributed by atoms with Crippen LogP contribution in [0.25, 0.3) is 0 Å². The Morgan fingerprint density at radius 3 is 2.65 bits per heavy atom. The summed E-state index contributed by atoms with van der Waals surface area (Å²) in [7, 11) is -3.61. The summed E-state index contributed by atoms with van der Waals surface area (Å²) in [6.07, 6.45) is 2.02. The van der Waals surface area contributed by atoms with Crippen LogP contribution in [0.1, 0.15) is 42.7 Å². The largest absolute Gasteiger partial charge is 0.338 e. The molecular weight excluding hydrogens is 523 g/mol. The molecule has 3 aliphatic rings. The van der Waals surface area contributed by atoms with Gasteiger partial charge in [0.25, 0.3) is 0 Å². The van der Waals surface area contributed by atoms with Gasteiger partial charge < -0.3 is 5.32 Å². The van der Waals surface area contributed by atoms with Gasteiger partial charge in [0.2, 0.25) is 5.95 Å². The molecule has 0 unspecified atom stereocenters. The summed E-state index contributed by atoms with van der Waals surface area (Å²) < 4.78 is 40.7. The number of benzene rings is 1. The predicted molar refractivity (Wildman–Crippen MR) is 136 cm³/mol. The highest BCUT2D eigenvalue weighted by Crippen LogP contribution is 2.55. The molecule has 10 nitrogen and oxygen atoms in total. The smallest absolute Gasteiger partial charge is 0.330 e. The van der Waals surface area contributed by atoms with E-state index >= 15 is 4.39 Å². The first-order chi connectivity index (χ1) is 17.5. The Bertz CT molecular complexity index is 1530. The summed E-state index contributed by atoms with van der Waals surface area (Å²) in [5, 5.41) is 4.93. The van der Waals surface area contributed by atoms with Gasteiger partial charge in [-0.1, -0.05) is 23.7 Å². The van der Waals surface area contributed by atoms with Crippen molar-refractivity contribution in [3.05, 3.63) is 58.9 Å². The number of hydrogen-bond acceptors (Lipinski definition) is 8. The number of nitrogens with zero attached hydrogens (tertiary/aromatic N) is 4. The van der Waals surface area contributed by atoms with Crippen LogP contribution >= 0.6 is 11.6 Å². The van der Waals surface area contributed by atoms with Gasteiger partial charge >= 0.3 is 6.03 Å². The lowest BCUT2D eigenvalue weighted by molar-refractivity contribution is 0.0284. The molecule has 192 valence electrons. The van der Waals surface area contributed by atoms with Gasteiger partial charge in [0.15, 0.2) is 21.9 Å². The van der Waals surface area contributed by atoms with Crippen LogP contribution in [-0.4, -0.2) is 47.0 Å². The lowest BCUT2D eigenvalue weighted by Gasteiger charge is -2.52. The number of aldehydes is 1. The fourth-order valence-corrected chi connectivity index (χ4v) is 5.80. The van der Waals surface area contributed by atoms with Gasteiger partial charge in [-0.25, -0.2) is 27.6 Å². The first-order valence-corrected chi connectivity index (χ1v) is 13.3. The Balaban J connectivity index is 1.43. The number of amides is 2. The van der Waals surface area contributed by atoms with Crippen molar-refractivity contribution in [1.82, 2.24) is 15.0 Å². The SMILES string of the molecule is CC(C)S(=O)(=O)c1ccccc1Nc1nc(NC(=O)N2c3nc(C=O)ccc3C3(F)CC2C3)ncc1Cl. The van der Waals surface area contributed by atoms with Crippen molar-refractivity contribution in [2.24, 2.45) is 0 Å². The lowest BCUT2D eigenvalue weighted by Crippen LogP contribution is -2.60. The van der Waals surface area contributed by atoms with Crippen molar-refractivity contribution in [3.63, 3.8) is 0 Å². The highest BCUT2D eigenvalue weighted by molar-refractivity contribution is 7.92. The Labute approximate surface area is 217 Å². The Hall–Kier alpha value is -3.64. The molecule has 1 aromatic carbocycles. The third-order valence-corrected chi connectivity index (χ3v) is 8.95. The van der Waals surface area contributed by atoms with E-state index in [2.05, 4.69) is 25.6 Å². The fraction of sp³-hybridized carbons (Fsp3) is 0.292. The molecule has 2 amide bonds. The zero-order valence-electron chi connectivity index (χ0n) is 19.8. The average molecular weight is 545 g/mol. The molecule has 1 saturated carbocycles. The quantitative estimate of drug-likeness (QED) is 0.428. The standard InChI is InChI=1S/C24H22ClFN6O4S/c1-13(2)37(35,36)19-6-4-3-5-18(19)29-20-17(25)11-27-22(30-20)31-23(34)32-15-9-24(26,10-15)16-8-7-14(12-33)28-21(16)32/h3-8,11-13,15H,9-10H2,1-2H3,(H2,27,29,30,31,34). The summed E-state index contributed by atoms with van der Waals surface area (Å²) in [6.45, 7) is 3.16. The van der Waals surface area contributed by atoms with Crippen molar-refractivity contribution in [2.75, 3.05) is 15.5 Å². The molecule has 0 spiro atoms. The number of carbonyl (C=O) groups excluding carboxylic acids is 2. The second kappa shape index (κ2) is 9.03. The van der Waals surface area contributed by atoms with Crippen LogP contribution in [0.4, 0.5) is 32.5 Å². The molecule has 2 aliphatic heterocycles. The number of rotatable bonds is 6. The number of halogens is 2. The van der Waals surface area contributed by atoms with Gasteiger partial charge in [-0.15, -0.1) is 0 Å². The number of sulfone groups is 1.